The molecule has 0 radical (unpaired) electrons. The van der Waals surface area contributed by atoms with Gasteiger partial charge in [0.25, 0.3) is 0 Å². The molecule has 0 heterocycles. The zero-order valence-electron chi connectivity index (χ0n) is 26.0. The normalized spacial score (nSPS) is 11.8. The van der Waals surface area contributed by atoms with Crippen LogP contribution in [-0.4, -0.2) is 86.0 Å². The predicted octanol–water partition coefficient (Wildman–Crippen LogP) is 1.18. The molecule has 0 aromatic rings. The zero-order valence-corrected chi connectivity index (χ0v) is 27.1. The number of aliphatic carboxylic acids is 3. The number of carbonyl (C=O) groups is 4. The van der Waals surface area contributed by atoms with Gasteiger partial charge in [-0.2, -0.15) is 0 Å². The van der Waals surface area contributed by atoms with E-state index in [1.807, 2.05) is 20.8 Å². The molecule has 0 aliphatic rings. The van der Waals surface area contributed by atoms with E-state index in [0.717, 1.165) is 38.5 Å². The van der Waals surface area contributed by atoms with Gasteiger partial charge in [-0.05, 0) is 45.4 Å². The maximum absolute atomic E-state index is 10.3. The van der Waals surface area contributed by atoms with Crippen LogP contribution in [0.25, 0.3) is 0 Å². The fourth-order valence-corrected chi connectivity index (χ4v) is 2.37. The summed E-state index contributed by atoms with van der Waals surface area (Å²) in [4.78, 5) is 40.7. The molecule has 3 atom stereocenters. The summed E-state index contributed by atoms with van der Waals surface area (Å²) in [5.74, 6) is -3.53. The van der Waals surface area contributed by atoms with E-state index < -0.39 is 36.2 Å². The van der Waals surface area contributed by atoms with Gasteiger partial charge in [0.1, 0.15) is 0 Å². The first kappa shape index (κ1) is 48.0. The van der Waals surface area contributed by atoms with Crippen LogP contribution < -0.4 is 15.3 Å². The van der Waals surface area contributed by atoms with Gasteiger partial charge in [-0.25, -0.2) is 0 Å². The maximum atomic E-state index is 10.3. The molecule has 0 bridgehead atoms. The average Bonchev–Trinajstić information content (AvgIpc) is 2.87. The van der Waals surface area contributed by atoms with Crippen molar-refractivity contribution >= 4 is 41.2 Å². The van der Waals surface area contributed by atoms with Gasteiger partial charge < -0.3 is 48.7 Å². The fourth-order valence-electron chi connectivity index (χ4n) is 2.37. The van der Waals surface area contributed by atoms with Crippen molar-refractivity contribution in [1.29, 1.82) is 0 Å². The third-order valence-electron chi connectivity index (χ3n) is 4.70. The van der Waals surface area contributed by atoms with Crippen molar-refractivity contribution in [3.05, 3.63) is 0 Å². The third kappa shape index (κ3) is 38.4. The summed E-state index contributed by atoms with van der Waals surface area (Å²) in [6.45, 7) is 16.6. The van der Waals surface area contributed by atoms with Crippen molar-refractivity contribution < 1.29 is 53.4 Å². The molecule has 0 saturated heterocycles. The Morgan fingerprint density at radius 3 is 0.900 bits per heavy atom. The van der Waals surface area contributed by atoms with Crippen LogP contribution in [0.4, 0.5) is 0 Å². The van der Waals surface area contributed by atoms with Crippen LogP contribution in [0.5, 0.6) is 0 Å². The van der Waals surface area contributed by atoms with Gasteiger partial charge in [-0.3, -0.25) is 4.79 Å². The van der Waals surface area contributed by atoms with E-state index in [-0.39, 0.29) is 23.3 Å². The molecule has 0 rings (SSSR count). The average molecular weight is 593 g/mol. The standard InChI is InChI=1S/3C8H16O3.C4H8O2.Al/c3*1-3-5-6-11-7(4-2)8(9)10;1-3-6-4(2)5;/h3*7H,3-6H2,1-2H3,(H,9,10);3H2,1-2H3;/q;;;;+3/p-3. The number of rotatable bonds is 19. The van der Waals surface area contributed by atoms with E-state index in [4.69, 9.17) is 14.2 Å². The van der Waals surface area contributed by atoms with Crippen LogP contribution in [-0.2, 0) is 38.1 Å². The second-order valence-corrected chi connectivity index (χ2v) is 8.25. The van der Waals surface area contributed by atoms with Crippen molar-refractivity contribution in [3.8, 4) is 0 Å². The van der Waals surface area contributed by atoms with Crippen molar-refractivity contribution in [3.63, 3.8) is 0 Å². The Morgan fingerprint density at radius 2 is 0.800 bits per heavy atom. The van der Waals surface area contributed by atoms with Crippen LogP contribution >= 0.6 is 0 Å². The van der Waals surface area contributed by atoms with Gasteiger partial charge in [-0.1, -0.05) is 60.8 Å². The minimum Gasteiger partial charge on any atom is -0.547 e. The van der Waals surface area contributed by atoms with E-state index in [9.17, 15) is 34.5 Å². The molecule has 0 spiro atoms. The number of hydrogen-bond acceptors (Lipinski definition) is 11. The summed E-state index contributed by atoms with van der Waals surface area (Å²) in [6.07, 6.45) is 5.04. The molecule has 0 aliphatic heterocycles. The number of carboxylic acid groups (broad SMARTS) is 3. The topological polar surface area (TPSA) is 174 Å². The molecular weight excluding hydrogens is 539 g/mol. The van der Waals surface area contributed by atoms with E-state index >= 15 is 0 Å². The second-order valence-electron chi connectivity index (χ2n) is 8.25. The molecule has 0 N–H and O–H groups in total. The Morgan fingerprint density at radius 1 is 0.550 bits per heavy atom. The molecule has 0 saturated carbocycles. The quantitative estimate of drug-likeness (QED) is 0.120. The first-order valence-corrected chi connectivity index (χ1v) is 14.0. The fraction of sp³-hybridized carbons (Fsp3) is 0.857. The van der Waals surface area contributed by atoms with Crippen molar-refractivity contribution in [2.75, 3.05) is 26.4 Å². The Bertz CT molecular complexity index is 522. The summed E-state index contributed by atoms with van der Waals surface area (Å²) in [5.41, 5.74) is 0. The molecule has 0 aromatic heterocycles. The summed E-state index contributed by atoms with van der Waals surface area (Å²) in [7, 11) is 0. The largest absolute Gasteiger partial charge is 3.00 e. The summed E-state index contributed by atoms with van der Waals surface area (Å²) in [5, 5.41) is 30.9. The smallest absolute Gasteiger partial charge is 0.547 e. The molecule has 234 valence electrons. The molecule has 12 heteroatoms. The molecule has 3 unspecified atom stereocenters. The maximum Gasteiger partial charge on any atom is 3.00 e. The molecule has 0 fully saturated rings. The molecule has 11 nitrogen and oxygen atoms in total. The molecule has 40 heavy (non-hydrogen) atoms. The van der Waals surface area contributed by atoms with Gasteiger partial charge in [0, 0.05) is 26.7 Å². The number of carboxylic acids is 3. The first-order valence-electron chi connectivity index (χ1n) is 14.0. The van der Waals surface area contributed by atoms with Crippen LogP contribution in [0.2, 0.25) is 0 Å². The van der Waals surface area contributed by atoms with E-state index in [1.54, 1.807) is 27.7 Å². The SMILES string of the molecule is CCCCOC(CC)C(=O)[O-].CCCCOC(CC)C(=O)[O-].CCCCOC(CC)C(=O)[O-].CCOC(C)=O.[Al+3]. The first-order chi connectivity index (χ1) is 18.4. The number of hydrogen-bond donors (Lipinski definition) is 0. The molecule has 0 aromatic carbocycles. The summed E-state index contributed by atoms with van der Waals surface area (Å²) in [6, 6.07) is 0. The van der Waals surface area contributed by atoms with Gasteiger partial charge >= 0.3 is 23.3 Å². The van der Waals surface area contributed by atoms with Crippen molar-refractivity contribution in [2.24, 2.45) is 0 Å². The van der Waals surface area contributed by atoms with Gasteiger partial charge in [0.15, 0.2) is 0 Å². The monoisotopic (exact) mass is 592 g/mol. The van der Waals surface area contributed by atoms with Crippen LogP contribution in [0.15, 0.2) is 0 Å². The van der Waals surface area contributed by atoms with Crippen molar-refractivity contribution in [2.45, 2.75) is 131 Å². The Balaban J connectivity index is -0.000000138. The van der Waals surface area contributed by atoms with Crippen LogP contribution in [0, 0.1) is 0 Å². The Labute approximate surface area is 252 Å². The van der Waals surface area contributed by atoms with Gasteiger partial charge in [0.2, 0.25) is 0 Å². The minimum atomic E-state index is -1.11. The molecule has 0 amide bonds. The number of esters is 1. The predicted molar refractivity (Wildman–Crippen MR) is 148 cm³/mol. The number of unbranched alkanes of at least 4 members (excludes halogenated alkanes) is 3. The number of carbonyl (C=O) groups excluding carboxylic acids is 4. The summed E-state index contributed by atoms with van der Waals surface area (Å²) < 4.78 is 19.5. The van der Waals surface area contributed by atoms with Crippen molar-refractivity contribution in [1.82, 2.24) is 0 Å². The van der Waals surface area contributed by atoms with Gasteiger partial charge in [-0.15, -0.1) is 0 Å². The molecule has 0 aliphatic carbocycles. The van der Waals surface area contributed by atoms with E-state index in [2.05, 4.69) is 4.74 Å². The number of ether oxygens (including phenoxy) is 4. The van der Waals surface area contributed by atoms with E-state index in [0.29, 0.717) is 45.7 Å². The Hall–Kier alpha value is -1.71. The van der Waals surface area contributed by atoms with Crippen LogP contribution in [0.1, 0.15) is 113 Å². The second kappa shape index (κ2) is 37.3. The van der Waals surface area contributed by atoms with Gasteiger partial charge in [0.05, 0.1) is 42.8 Å². The third-order valence-corrected chi connectivity index (χ3v) is 4.70. The van der Waals surface area contributed by atoms with Crippen LogP contribution in [0.3, 0.4) is 0 Å². The summed E-state index contributed by atoms with van der Waals surface area (Å²) >= 11 is 0. The zero-order chi connectivity index (χ0) is 31.1. The molecular formula is C28H53AlO11. The Kier molecular flexibility index (Phi) is 44.8. The van der Waals surface area contributed by atoms with E-state index in [1.165, 1.54) is 6.92 Å². The minimum absolute atomic E-state index is 0.